The number of halogens is 1. The number of amides is 2. The molecule has 2 amide bonds. The van der Waals surface area contributed by atoms with Gasteiger partial charge in [-0.2, -0.15) is 0 Å². The number of carbonyl (C=O) groups excluding carboxylic acids is 3. The van der Waals surface area contributed by atoms with Crippen molar-refractivity contribution in [3.63, 3.8) is 0 Å². The predicted molar refractivity (Wildman–Crippen MR) is 132 cm³/mol. The van der Waals surface area contributed by atoms with E-state index in [0.717, 1.165) is 11.6 Å². The van der Waals surface area contributed by atoms with Gasteiger partial charge in [-0.1, -0.05) is 37.2 Å². The fourth-order valence-electron chi connectivity index (χ4n) is 4.60. The van der Waals surface area contributed by atoms with Crippen molar-refractivity contribution in [1.82, 2.24) is 14.6 Å². The average molecular weight is 494 g/mol. The number of hydrogen-bond donors (Lipinski definition) is 0. The molecule has 2 aliphatic rings. The number of piperazine rings is 1. The summed E-state index contributed by atoms with van der Waals surface area (Å²) in [7, 11) is 3.43. The van der Waals surface area contributed by atoms with Crippen LogP contribution >= 0.6 is 0 Å². The van der Waals surface area contributed by atoms with E-state index in [1.807, 2.05) is 44.6 Å². The summed E-state index contributed by atoms with van der Waals surface area (Å²) >= 11 is 0. The molecular weight excluding hydrogens is 464 g/mol. The number of ether oxygens (including phenoxy) is 2. The summed E-state index contributed by atoms with van der Waals surface area (Å²) in [5.74, 6) is -1.70. The van der Waals surface area contributed by atoms with Crippen LogP contribution in [0, 0.1) is 5.82 Å². The smallest absolute Gasteiger partial charge is 0.329 e. The van der Waals surface area contributed by atoms with Crippen molar-refractivity contribution < 1.29 is 28.2 Å². The lowest BCUT2D eigenvalue weighted by Crippen LogP contribution is -2.58. The molecule has 1 fully saturated rings. The van der Waals surface area contributed by atoms with Gasteiger partial charge in [0.2, 0.25) is 13.3 Å². The molecule has 2 atom stereocenters. The molecule has 0 unspecified atom stereocenters. The third-order valence-electron chi connectivity index (χ3n) is 6.72. The lowest BCUT2D eigenvalue weighted by molar-refractivity contribution is -0.150. The zero-order chi connectivity index (χ0) is 25.7. The molecule has 2 aromatic rings. The predicted octanol–water partition coefficient (Wildman–Crippen LogP) is 2.36. The number of nitrogens with zero attached hydrogens (tertiary/aromatic N) is 3. The lowest BCUT2D eigenvalue weighted by atomic mass is 9.92. The molecule has 1 saturated heterocycles. The van der Waals surface area contributed by atoms with E-state index in [9.17, 15) is 18.8 Å². The zero-order valence-corrected chi connectivity index (χ0v) is 20.6. The standard InChI is InChI=1S/C26H30BFN3O5/c1-27-30-12-13-31-20(15-30)17-35-23-10-8-19(28)14-21(23)25(33)29(2)22(9-11-24(31)32)26(34)36-16-18-6-4-3-5-7-18/h3-8,10,14,20,22H,9,11-13,15-17H2,1-2H3/t20-,22-/m0/s1. The molecule has 189 valence electrons. The van der Waals surface area contributed by atoms with E-state index in [1.54, 1.807) is 4.90 Å². The van der Waals surface area contributed by atoms with Gasteiger partial charge in [-0.05, 0) is 30.2 Å². The van der Waals surface area contributed by atoms with Crippen LogP contribution in [-0.2, 0) is 20.9 Å². The third kappa shape index (κ3) is 5.87. The van der Waals surface area contributed by atoms with Crippen LogP contribution in [0.2, 0.25) is 6.82 Å². The van der Waals surface area contributed by atoms with Crippen LogP contribution in [0.3, 0.4) is 0 Å². The Kier molecular flexibility index (Phi) is 8.25. The first-order valence-electron chi connectivity index (χ1n) is 12.1. The van der Waals surface area contributed by atoms with E-state index < -0.39 is 23.7 Å². The van der Waals surface area contributed by atoms with Crippen molar-refractivity contribution in [2.24, 2.45) is 0 Å². The van der Waals surface area contributed by atoms with Gasteiger partial charge in [0.25, 0.3) is 5.91 Å². The lowest BCUT2D eigenvalue weighted by Gasteiger charge is -2.41. The van der Waals surface area contributed by atoms with E-state index in [4.69, 9.17) is 9.47 Å². The summed E-state index contributed by atoms with van der Waals surface area (Å²) in [6.07, 6.45) is 0.151. The highest BCUT2D eigenvalue weighted by Gasteiger charge is 2.35. The Bertz CT molecular complexity index is 1100. The first-order valence-corrected chi connectivity index (χ1v) is 12.1. The van der Waals surface area contributed by atoms with Gasteiger partial charge in [0.1, 0.15) is 30.8 Å². The highest BCUT2D eigenvalue weighted by Crippen LogP contribution is 2.25. The third-order valence-corrected chi connectivity index (χ3v) is 6.72. The maximum atomic E-state index is 14.2. The van der Waals surface area contributed by atoms with Crippen LogP contribution in [0.15, 0.2) is 48.5 Å². The molecule has 8 nitrogen and oxygen atoms in total. The molecule has 0 bridgehead atoms. The van der Waals surface area contributed by atoms with Gasteiger partial charge in [0.15, 0.2) is 0 Å². The molecule has 36 heavy (non-hydrogen) atoms. The van der Waals surface area contributed by atoms with E-state index in [1.165, 1.54) is 24.1 Å². The van der Waals surface area contributed by atoms with Gasteiger partial charge in [0.05, 0.1) is 11.6 Å². The van der Waals surface area contributed by atoms with Gasteiger partial charge in [0, 0.05) is 33.1 Å². The molecular formula is C26H30BFN3O5. The van der Waals surface area contributed by atoms with Crippen LogP contribution in [0.5, 0.6) is 5.75 Å². The first kappa shape index (κ1) is 25.7. The molecule has 0 saturated carbocycles. The first-order chi connectivity index (χ1) is 17.4. The second-order valence-electron chi connectivity index (χ2n) is 9.01. The van der Waals surface area contributed by atoms with Crippen molar-refractivity contribution in [3.05, 3.63) is 65.5 Å². The SMILES string of the molecule is C[B]N1CCN2C(=O)CC[C@@H](C(=O)OCc3ccccc3)N(C)C(=O)c3cc(F)ccc3OC[C@@H]2C1. The van der Waals surface area contributed by atoms with Crippen molar-refractivity contribution in [2.45, 2.75) is 38.4 Å². The molecule has 0 aliphatic carbocycles. The fraction of sp³-hybridized carbons (Fsp3) is 0.423. The van der Waals surface area contributed by atoms with Crippen molar-refractivity contribution >= 4 is 25.2 Å². The minimum atomic E-state index is -1.02. The number of rotatable bonds is 4. The highest BCUT2D eigenvalue weighted by molar-refractivity contribution is 6.29. The Labute approximate surface area is 211 Å². The summed E-state index contributed by atoms with van der Waals surface area (Å²) in [5.41, 5.74) is 0.824. The fourth-order valence-corrected chi connectivity index (χ4v) is 4.60. The molecule has 2 heterocycles. The van der Waals surface area contributed by atoms with Crippen molar-refractivity contribution in [2.75, 3.05) is 33.3 Å². The minimum Gasteiger partial charge on any atom is -0.491 e. The number of fused-ring (bicyclic) bond motifs is 2. The molecule has 10 heteroatoms. The van der Waals surface area contributed by atoms with Crippen LogP contribution in [0.1, 0.15) is 28.8 Å². The number of esters is 1. The highest BCUT2D eigenvalue weighted by atomic mass is 19.1. The van der Waals surface area contributed by atoms with Gasteiger partial charge < -0.3 is 24.1 Å². The van der Waals surface area contributed by atoms with Gasteiger partial charge in [-0.25, -0.2) is 9.18 Å². The van der Waals surface area contributed by atoms with E-state index >= 15 is 0 Å². The van der Waals surface area contributed by atoms with Crippen LogP contribution in [0.4, 0.5) is 4.39 Å². The number of likely N-dealkylation sites (N-methyl/N-ethyl adjacent to an activating group) is 1. The normalized spacial score (nSPS) is 21.4. The number of carbonyl (C=O) groups is 3. The monoisotopic (exact) mass is 494 g/mol. The van der Waals surface area contributed by atoms with E-state index in [2.05, 4.69) is 4.81 Å². The van der Waals surface area contributed by atoms with Crippen molar-refractivity contribution in [3.8, 4) is 5.75 Å². The van der Waals surface area contributed by atoms with E-state index in [0.29, 0.717) is 19.6 Å². The Morgan fingerprint density at radius 2 is 1.94 bits per heavy atom. The van der Waals surface area contributed by atoms with E-state index in [-0.39, 0.29) is 49.3 Å². The number of hydrogen-bond acceptors (Lipinski definition) is 6. The molecule has 0 aromatic heterocycles. The Balaban J connectivity index is 1.62. The van der Waals surface area contributed by atoms with Gasteiger partial charge >= 0.3 is 5.97 Å². The Morgan fingerprint density at radius 3 is 2.69 bits per heavy atom. The topological polar surface area (TPSA) is 79.4 Å². The zero-order valence-electron chi connectivity index (χ0n) is 20.6. The number of benzene rings is 2. The second-order valence-corrected chi connectivity index (χ2v) is 9.01. The average Bonchev–Trinajstić information content (AvgIpc) is 2.90. The van der Waals surface area contributed by atoms with Gasteiger partial charge in [-0.15, -0.1) is 0 Å². The summed E-state index contributed by atoms with van der Waals surface area (Å²) in [6.45, 7) is 3.93. The van der Waals surface area contributed by atoms with Crippen LogP contribution < -0.4 is 4.74 Å². The van der Waals surface area contributed by atoms with Crippen LogP contribution in [-0.4, -0.2) is 85.2 Å². The second kappa shape index (κ2) is 11.6. The molecule has 1 radical (unpaired) electrons. The molecule has 4 rings (SSSR count). The molecule has 2 aromatic carbocycles. The molecule has 0 N–H and O–H groups in total. The Morgan fingerprint density at radius 1 is 1.17 bits per heavy atom. The van der Waals surface area contributed by atoms with Crippen LogP contribution in [0.25, 0.3) is 0 Å². The van der Waals surface area contributed by atoms with Gasteiger partial charge in [-0.3, -0.25) is 9.59 Å². The quantitative estimate of drug-likeness (QED) is 0.480. The summed E-state index contributed by atoms with van der Waals surface area (Å²) in [5, 5.41) is 0. The van der Waals surface area contributed by atoms with Crippen molar-refractivity contribution in [1.29, 1.82) is 0 Å². The largest absolute Gasteiger partial charge is 0.491 e. The maximum absolute atomic E-state index is 14.2. The Hall–Kier alpha value is -3.40. The molecule has 0 spiro atoms. The summed E-state index contributed by atoms with van der Waals surface area (Å²) in [4.78, 5) is 44.9. The summed E-state index contributed by atoms with van der Waals surface area (Å²) in [6, 6.07) is 11.7. The maximum Gasteiger partial charge on any atom is 0.329 e. The minimum absolute atomic E-state index is 0.0199. The molecule has 2 aliphatic heterocycles. The summed E-state index contributed by atoms with van der Waals surface area (Å²) < 4.78 is 25.7.